The lowest BCUT2D eigenvalue weighted by atomic mass is 10.2. The van der Waals surface area contributed by atoms with Crippen LogP contribution in [0.4, 0.5) is 11.5 Å². The van der Waals surface area contributed by atoms with Gasteiger partial charge in [-0.1, -0.05) is 12.8 Å². The number of nitrogen functional groups attached to an aromatic ring is 1. The van der Waals surface area contributed by atoms with Crippen molar-refractivity contribution in [2.45, 2.75) is 44.6 Å². The van der Waals surface area contributed by atoms with Crippen molar-refractivity contribution >= 4 is 11.5 Å². The molecule has 2 saturated carbocycles. The van der Waals surface area contributed by atoms with Gasteiger partial charge in [-0.2, -0.15) is 4.98 Å². The minimum absolute atomic E-state index is 0.567. The molecule has 4 heteroatoms. The maximum absolute atomic E-state index is 5.89. The van der Waals surface area contributed by atoms with Crippen molar-refractivity contribution in [2.24, 2.45) is 5.92 Å². The van der Waals surface area contributed by atoms with Crippen LogP contribution < -0.4 is 15.8 Å². The summed E-state index contributed by atoms with van der Waals surface area (Å²) in [6.07, 6.45) is 7.67. The van der Waals surface area contributed by atoms with Gasteiger partial charge in [-0.25, -0.2) is 0 Å². The summed E-state index contributed by atoms with van der Waals surface area (Å²) in [5, 5.41) is 3.47. The molecule has 0 saturated heterocycles. The van der Waals surface area contributed by atoms with Gasteiger partial charge in [0.15, 0.2) is 0 Å². The first-order chi connectivity index (χ1) is 8.81. The lowest BCUT2D eigenvalue weighted by molar-refractivity contribution is 0.290. The van der Waals surface area contributed by atoms with E-state index in [1.54, 1.807) is 0 Å². The van der Waals surface area contributed by atoms with Crippen molar-refractivity contribution in [3.8, 4) is 5.88 Å². The van der Waals surface area contributed by atoms with Crippen LogP contribution in [0, 0.1) is 5.92 Å². The van der Waals surface area contributed by atoms with E-state index in [0.717, 1.165) is 18.3 Å². The van der Waals surface area contributed by atoms with Crippen LogP contribution >= 0.6 is 0 Å². The number of nitrogens with zero attached hydrogens (tertiary/aromatic N) is 1. The van der Waals surface area contributed by atoms with Gasteiger partial charge in [0.1, 0.15) is 5.82 Å². The molecule has 98 valence electrons. The molecule has 1 aromatic rings. The van der Waals surface area contributed by atoms with E-state index < -0.39 is 0 Å². The first-order valence-electron chi connectivity index (χ1n) is 6.97. The number of rotatable bonds is 5. The minimum Gasteiger partial charge on any atom is -0.476 e. The molecule has 0 aromatic carbocycles. The molecule has 2 fully saturated rings. The molecular formula is C14H21N3O. The topological polar surface area (TPSA) is 60.2 Å². The molecule has 1 aromatic heterocycles. The van der Waals surface area contributed by atoms with Crippen molar-refractivity contribution in [3.63, 3.8) is 0 Å². The summed E-state index contributed by atoms with van der Waals surface area (Å²) >= 11 is 0. The minimum atomic E-state index is 0.567. The highest BCUT2D eigenvalue weighted by atomic mass is 16.5. The molecule has 0 atom stereocenters. The van der Waals surface area contributed by atoms with Crippen LogP contribution in [0.25, 0.3) is 0 Å². The van der Waals surface area contributed by atoms with E-state index >= 15 is 0 Å². The van der Waals surface area contributed by atoms with Gasteiger partial charge in [-0.15, -0.1) is 0 Å². The molecule has 4 nitrogen and oxygen atoms in total. The third kappa shape index (κ3) is 2.86. The number of hydrogen-bond acceptors (Lipinski definition) is 4. The van der Waals surface area contributed by atoms with Crippen LogP contribution in [-0.4, -0.2) is 17.6 Å². The van der Waals surface area contributed by atoms with E-state index in [9.17, 15) is 0 Å². The van der Waals surface area contributed by atoms with E-state index in [1.807, 2.05) is 12.1 Å². The first kappa shape index (κ1) is 11.6. The Morgan fingerprint density at radius 3 is 2.72 bits per heavy atom. The zero-order valence-electron chi connectivity index (χ0n) is 10.7. The van der Waals surface area contributed by atoms with Gasteiger partial charge in [0.25, 0.3) is 0 Å². The van der Waals surface area contributed by atoms with Crippen molar-refractivity contribution < 1.29 is 4.74 Å². The molecule has 0 unspecified atom stereocenters. The summed E-state index contributed by atoms with van der Waals surface area (Å²) < 4.78 is 5.69. The summed E-state index contributed by atoms with van der Waals surface area (Å²) in [5.74, 6) is 2.20. The SMILES string of the molecule is Nc1ccc(NC2CCCC2)nc1OCC1CC1. The number of nitrogens with two attached hydrogens (primary N) is 1. The van der Waals surface area contributed by atoms with Crippen molar-refractivity contribution in [2.75, 3.05) is 17.7 Å². The molecule has 0 aliphatic heterocycles. The summed E-state index contributed by atoms with van der Waals surface area (Å²) in [7, 11) is 0. The van der Waals surface area contributed by atoms with Gasteiger partial charge >= 0.3 is 0 Å². The smallest absolute Gasteiger partial charge is 0.239 e. The third-order valence-electron chi connectivity index (χ3n) is 3.75. The van der Waals surface area contributed by atoms with Gasteiger partial charge in [0.05, 0.1) is 12.3 Å². The standard InChI is InChI=1S/C14H21N3O/c15-12-7-8-13(16-11-3-1-2-4-11)17-14(12)18-9-10-5-6-10/h7-8,10-11H,1-6,9,15H2,(H,16,17). The van der Waals surface area contributed by atoms with E-state index in [4.69, 9.17) is 10.5 Å². The van der Waals surface area contributed by atoms with Crippen molar-refractivity contribution in [1.29, 1.82) is 0 Å². The highest BCUT2D eigenvalue weighted by molar-refractivity contribution is 5.53. The van der Waals surface area contributed by atoms with Gasteiger partial charge in [-0.05, 0) is 43.7 Å². The van der Waals surface area contributed by atoms with Crippen molar-refractivity contribution in [1.82, 2.24) is 4.98 Å². The molecular weight excluding hydrogens is 226 g/mol. The fourth-order valence-corrected chi connectivity index (χ4v) is 2.41. The molecule has 0 spiro atoms. The number of aromatic nitrogens is 1. The van der Waals surface area contributed by atoms with E-state index in [2.05, 4.69) is 10.3 Å². The molecule has 18 heavy (non-hydrogen) atoms. The predicted molar refractivity (Wildman–Crippen MR) is 72.7 cm³/mol. The fourth-order valence-electron chi connectivity index (χ4n) is 2.41. The number of anilines is 2. The summed E-state index contributed by atoms with van der Waals surface area (Å²) in [4.78, 5) is 4.48. The van der Waals surface area contributed by atoms with Crippen LogP contribution in [0.2, 0.25) is 0 Å². The Bertz CT molecular complexity index is 412. The molecule has 2 aliphatic rings. The average molecular weight is 247 g/mol. The average Bonchev–Trinajstić information content (AvgIpc) is 3.07. The molecule has 0 amide bonds. The molecule has 2 aliphatic carbocycles. The Labute approximate surface area is 108 Å². The number of ether oxygens (including phenoxy) is 1. The Balaban J connectivity index is 1.63. The Hall–Kier alpha value is -1.45. The third-order valence-corrected chi connectivity index (χ3v) is 3.75. The van der Waals surface area contributed by atoms with Crippen LogP contribution in [0.15, 0.2) is 12.1 Å². The van der Waals surface area contributed by atoms with Gasteiger partial charge < -0.3 is 15.8 Å². The normalized spacial score (nSPS) is 20.0. The van der Waals surface area contributed by atoms with Gasteiger partial charge in [0, 0.05) is 6.04 Å². The Kier molecular flexibility index (Phi) is 3.26. The zero-order chi connectivity index (χ0) is 12.4. The largest absolute Gasteiger partial charge is 0.476 e. The molecule has 0 bridgehead atoms. The fraction of sp³-hybridized carbons (Fsp3) is 0.643. The summed E-state index contributed by atoms with van der Waals surface area (Å²) in [6.45, 7) is 0.754. The van der Waals surface area contributed by atoms with Gasteiger partial charge in [-0.3, -0.25) is 0 Å². The lowest BCUT2D eigenvalue weighted by Gasteiger charge is -2.14. The second-order valence-electron chi connectivity index (χ2n) is 5.47. The van der Waals surface area contributed by atoms with E-state index in [-0.39, 0.29) is 0 Å². The van der Waals surface area contributed by atoms with Crippen molar-refractivity contribution in [3.05, 3.63) is 12.1 Å². The van der Waals surface area contributed by atoms with Crippen LogP contribution in [0.3, 0.4) is 0 Å². The molecule has 3 rings (SSSR count). The quantitative estimate of drug-likeness (QED) is 0.840. The van der Waals surface area contributed by atoms with Crippen LogP contribution in [0.5, 0.6) is 5.88 Å². The maximum atomic E-state index is 5.89. The second-order valence-corrected chi connectivity index (χ2v) is 5.47. The summed E-state index contributed by atoms with van der Waals surface area (Å²) in [5.41, 5.74) is 6.52. The second kappa shape index (κ2) is 5.04. The number of nitrogens with one attached hydrogen (secondary N) is 1. The van der Waals surface area contributed by atoms with Gasteiger partial charge in [0.2, 0.25) is 5.88 Å². The molecule has 0 radical (unpaired) electrons. The predicted octanol–water partition coefficient (Wildman–Crippen LogP) is 2.81. The monoisotopic (exact) mass is 247 g/mol. The zero-order valence-corrected chi connectivity index (χ0v) is 10.7. The Morgan fingerprint density at radius 1 is 1.22 bits per heavy atom. The highest BCUT2D eigenvalue weighted by Gasteiger charge is 2.22. The maximum Gasteiger partial charge on any atom is 0.239 e. The number of pyridine rings is 1. The first-order valence-corrected chi connectivity index (χ1v) is 6.97. The summed E-state index contributed by atoms with van der Waals surface area (Å²) in [6, 6.07) is 4.39. The van der Waals surface area contributed by atoms with Crippen LogP contribution in [-0.2, 0) is 0 Å². The van der Waals surface area contributed by atoms with Crippen LogP contribution in [0.1, 0.15) is 38.5 Å². The molecule has 1 heterocycles. The highest BCUT2D eigenvalue weighted by Crippen LogP contribution is 2.31. The van der Waals surface area contributed by atoms with E-state index in [1.165, 1.54) is 38.5 Å². The number of hydrogen-bond donors (Lipinski definition) is 2. The lowest BCUT2D eigenvalue weighted by Crippen LogP contribution is -2.16. The van der Waals surface area contributed by atoms with E-state index in [0.29, 0.717) is 17.6 Å². The Morgan fingerprint density at radius 2 is 2.00 bits per heavy atom. The molecule has 3 N–H and O–H groups in total.